The number of nitrogens with zero attached hydrogens (tertiary/aromatic N) is 2. The summed E-state index contributed by atoms with van der Waals surface area (Å²) in [7, 11) is 0. The van der Waals surface area contributed by atoms with E-state index in [1.165, 1.54) is 12.1 Å². The maximum atomic E-state index is 13.1. The van der Waals surface area contributed by atoms with Crippen LogP contribution in [0.2, 0.25) is 0 Å². The Morgan fingerprint density at radius 1 is 1.12 bits per heavy atom. The predicted molar refractivity (Wildman–Crippen MR) is 88.5 cm³/mol. The van der Waals surface area contributed by atoms with Crippen LogP contribution in [0, 0.1) is 5.82 Å². The predicted octanol–water partition coefficient (Wildman–Crippen LogP) is 4.04. The lowest BCUT2D eigenvalue weighted by molar-refractivity contribution is 0.146. The highest BCUT2D eigenvalue weighted by Crippen LogP contribution is 2.30. The lowest BCUT2D eigenvalue weighted by Gasteiger charge is -2.25. The molecule has 1 aromatic heterocycles. The molecule has 2 heterocycles. The lowest BCUT2D eigenvalue weighted by Crippen LogP contribution is -2.37. The topological polar surface area (TPSA) is 55.6 Å². The molecule has 1 aliphatic rings. The van der Waals surface area contributed by atoms with Crippen molar-refractivity contribution in [2.75, 3.05) is 6.54 Å². The Morgan fingerprint density at radius 2 is 1.88 bits per heavy atom. The Kier molecular flexibility index (Phi) is 3.93. The van der Waals surface area contributed by atoms with Gasteiger partial charge in [-0.15, -0.1) is 0 Å². The van der Waals surface area contributed by atoms with Gasteiger partial charge in [0.05, 0.1) is 6.54 Å². The largest absolute Gasteiger partial charge is 0.415 e. The Hall–Kier alpha value is -3.15. The van der Waals surface area contributed by atoms with Crippen LogP contribution in [0.15, 0.2) is 59.1 Å². The molecule has 0 aliphatic carbocycles. The van der Waals surface area contributed by atoms with Crippen LogP contribution in [0.4, 0.5) is 9.18 Å². The number of rotatable bonds is 2. The quantitative estimate of drug-likeness (QED) is 0.708. The second kappa shape index (κ2) is 6.39. The molecule has 126 valence electrons. The number of amides is 1. The minimum Gasteiger partial charge on any atom is -0.410 e. The summed E-state index contributed by atoms with van der Waals surface area (Å²) >= 11 is 0. The fourth-order valence-electron chi connectivity index (χ4n) is 2.87. The number of benzene rings is 2. The molecule has 0 fully saturated rings. The molecule has 2 aromatic carbocycles. The Balaban J connectivity index is 1.51. The molecule has 0 atom stereocenters. The third-order valence-electron chi connectivity index (χ3n) is 4.15. The van der Waals surface area contributed by atoms with E-state index in [9.17, 15) is 9.18 Å². The highest BCUT2D eigenvalue weighted by atomic mass is 19.1. The van der Waals surface area contributed by atoms with Gasteiger partial charge in [-0.1, -0.05) is 23.4 Å². The first-order valence-corrected chi connectivity index (χ1v) is 7.96. The van der Waals surface area contributed by atoms with Crippen LogP contribution in [-0.2, 0) is 13.0 Å². The van der Waals surface area contributed by atoms with E-state index in [1.807, 2.05) is 18.2 Å². The zero-order chi connectivity index (χ0) is 17.2. The SMILES string of the molecule is O=C(Oc1ccccc1)N1CCc2c(noc2-c2ccc(F)cc2)C1. The van der Waals surface area contributed by atoms with Gasteiger partial charge >= 0.3 is 6.09 Å². The van der Waals surface area contributed by atoms with Gasteiger partial charge in [0, 0.05) is 17.7 Å². The van der Waals surface area contributed by atoms with Crippen molar-refractivity contribution in [3.8, 4) is 17.1 Å². The molecular formula is C19H15FN2O3. The van der Waals surface area contributed by atoms with Crippen LogP contribution in [0.3, 0.4) is 0 Å². The maximum Gasteiger partial charge on any atom is 0.415 e. The number of aromatic nitrogens is 1. The first kappa shape index (κ1) is 15.4. The van der Waals surface area contributed by atoms with Gasteiger partial charge < -0.3 is 14.2 Å². The van der Waals surface area contributed by atoms with Gasteiger partial charge in [0.15, 0.2) is 5.76 Å². The average Bonchev–Trinajstić information content (AvgIpc) is 3.06. The highest BCUT2D eigenvalue weighted by molar-refractivity contribution is 5.71. The van der Waals surface area contributed by atoms with Gasteiger partial charge in [0.25, 0.3) is 0 Å². The number of carbonyl (C=O) groups excluding carboxylic acids is 1. The molecule has 0 saturated carbocycles. The van der Waals surface area contributed by atoms with Crippen molar-refractivity contribution in [1.82, 2.24) is 10.1 Å². The monoisotopic (exact) mass is 338 g/mol. The molecule has 0 spiro atoms. The normalized spacial score (nSPS) is 13.4. The molecule has 0 unspecified atom stereocenters. The van der Waals surface area contributed by atoms with Crippen LogP contribution in [0.25, 0.3) is 11.3 Å². The summed E-state index contributed by atoms with van der Waals surface area (Å²) < 4.78 is 23.9. The molecule has 4 rings (SSSR count). The van der Waals surface area contributed by atoms with E-state index in [-0.39, 0.29) is 5.82 Å². The summed E-state index contributed by atoms with van der Waals surface area (Å²) in [6.07, 6.45) is 0.193. The fraction of sp³-hybridized carbons (Fsp3) is 0.158. The second-order valence-corrected chi connectivity index (χ2v) is 5.80. The minimum atomic E-state index is -0.414. The van der Waals surface area contributed by atoms with Gasteiger partial charge in [-0.2, -0.15) is 0 Å². The Bertz CT molecular complexity index is 891. The molecule has 6 heteroatoms. The zero-order valence-corrected chi connectivity index (χ0v) is 13.3. The zero-order valence-electron chi connectivity index (χ0n) is 13.3. The van der Waals surface area contributed by atoms with Crippen molar-refractivity contribution >= 4 is 6.09 Å². The number of halogens is 1. The smallest absolute Gasteiger partial charge is 0.410 e. The highest BCUT2D eigenvalue weighted by Gasteiger charge is 2.28. The number of hydrogen-bond donors (Lipinski definition) is 0. The van der Waals surface area contributed by atoms with Crippen LogP contribution in [-0.4, -0.2) is 22.7 Å². The van der Waals surface area contributed by atoms with E-state index >= 15 is 0 Å². The summed E-state index contributed by atoms with van der Waals surface area (Å²) in [4.78, 5) is 13.9. The van der Waals surface area contributed by atoms with Gasteiger partial charge in [-0.05, 0) is 42.8 Å². The van der Waals surface area contributed by atoms with Crippen LogP contribution in [0.5, 0.6) is 5.75 Å². The summed E-state index contributed by atoms with van der Waals surface area (Å²) in [5.41, 5.74) is 2.43. The Morgan fingerprint density at radius 3 is 2.64 bits per heavy atom. The van der Waals surface area contributed by atoms with Crippen molar-refractivity contribution in [2.24, 2.45) is 0 Å². The summed E-state index contributed by atoms with van der Waals surface area (Å²) in [6, 6.07) is 15.0. The summed E-state index contributed by atoms with van der Waals surface area (Å²) in [5.74, 6) is 0.837. The summed E-state index contributed by atoms with van der Waals surface area (Å²) in [6.45, 7) is 0.833. The molecule has 0 N–H and O–H groups in total. The number of hydrogen-bond acceptors (Lipinski definition) is 4. The van der Waals surface area contributed by atoms with Crippen LogP contribution >= 0.6 is 0 Å². The van der Waals surface area contributed by atoms with E-state index < -0.39 is 6.09 Å². The average molecular weight is 338 g/mol. The first-order chi connectivity index (χ1) is 12.2. The van der Waals surface area contributed by atoms with Crippen molar-refractivity contribution in [2.45, 2.75) is 13.0 Å². The van der Waals surface area contributed by atoms with Gasteiger partial charge in [-0.3, -0.25) is 0 Å². The minimum absolute atomic E-state index is 0.299. The lowest BCUT2D eigenvalue weighted by atomic mass is 10.0. The van der Waals surface area contributed by atoms with E-state index in [2.05, 4.69) is 5.16 Å². The molecule has 25 heavy (non-hydrogen) atoms. The molecular weight excluding hydrogens is 323 g/mol. The van der Waals surface area contributed by atoms with Crippen molar-refractivity contribution in [1.29, 1.82) is 0 Å². The van der Waals surface area contributed by atoms with E-state index in [4.69, 9.17) is 9.26 Å². The molecule has 0 bridgehead atoms. The van der Waals surface area contributed by atoms with E-state index in [0.29, 0.717) is 36.7 Å². The first-order valence-electron chi connectivity index (χ1n) is 7.96. The van der Waals surface area contributed by atoms with Crippen molar-refractivity contribution < 1.29 is 18.4 Å². The molecule has 5 nitrogen and oxygen atoms in total. The van der Waals surface area contributed by atoms with Crippen molar-refractivity contribution in [3.05, 3.63) is 71.7 Å². The van der Waals surface area contributed by atoms with Crippen LogP contribution in [0.1, 0.15) is 11.3 Å². The van der Waals surface area contributed by atoms with Gasteiger partial charge in [0.2, 0.25) is 0 Å². The third-order valence-corrected chi connectivity index (χ3v) is 4.15. The number of carbonyl (C=O) groups is 1. The molecule has 0 saturated heterocycles. The molecule has 0 radical (unpaired) electrons. The third kappa shape index (κ3) is 3.10. The van der Waals surface area contributed by atoms with Gasteiger partial charge in [-0.25, -0.2) is 9.18 Å². The van der Waals surface area contributed by atoms with E-state index in [0.717, 1.165) is 11.1 Å². The number of para-hydroxylation sites is 1. The van der Waals surface area contributed by atoms with Crippen LogP contribution < -0.4 is 4.74 Å². The molecule has 1 amide bonds. The standard InChI is InChI=1S/C19H15FN2O3/c20-14-8-6-13(7-9-14)18-16-10-11-22(12-17(16)21-25-18)19(23)24-15-4-2-1-3-5-15/h1-9H,10-12H2. The summed E-state index contributed by atoms with van der Waals surface area (Å²) in [5, 5.41) is 4.08. The maximum absolute atomic E-state index is 13.1. The van der Waals surface area contributed by atoms with Crippen molar-refractivity contribution in [3.63, 3.8) is 0 Å². The molecule has 1 aliphatic heterocycles. The van der Waals surface area contributed by atoms with Gasteiger partial charge in [0.1, 0.15) is 17.3 Å². The molecule has 3 aromatic rings. The second-order valence-electron chi connectivity index (χ2n) is 5.80. The Labute approximate surface area is 143 Å². The number of ether oxygens (including phenoxy) is 1. The van der Waals surface area contributed by atoms with E-state index in [1.54, 1.807) is 29.2 Å². The number of fused-ring (bicyclic) bond motifs is 1. The fourth-order valence-corrected chi connectivity index (χ4v) is 2.87.